The van der Waals surface area contributed by atoms with Crippen LogP contribution in [0.2, 0.25) is 0 Å². The number of hydrogen-bond acceptors (Lipinski definition) is 2. The maximum atomic E-state index is 11.8. The highest BCUT2D eigenvalue weighted by Crippen LogP contribution is 2.16. The third kappa shape index (κ3) is 6.36. The van der Waals surface area contributed by atoms with Gasteiger partial charge in [-0.2, -0.15) is 0 Å². The van der Waals surface area contributed by atoms with Crippen LogP contribution in [0.4, 0.5) is 5.69 Å². The van der Waals surface area contributed by atoms with Crippen molar-refractivity contribution in [3.63, 3.8) is 0 Å². The van der Waals surface area contributed by atoms with E-state index in [1.807, 2.05) is 32.0 Å². The summed E-state index contributed by atoms with van der Waals surface area (Å²) in [6.07, 6.45) is 3.95. The van der Waals surface area contributed by atoms with Crippen molar-refractivity contribution in [2.45, 2.75) is 52.4 Å². The van der Waals surface area contributed by atoms with E-state index in [-0.39, 0.29) is 12.3 Å². The van der Waals surface area contributed by atoms with Crippen molar-refractivity contribution >= 4 is 17.6 Å². The van der Waals surface area contributed by atoms with Crippen LogP contribution >= 0.6 is 0 Å². The van der Waals surface area contributed by atoms with E-state index >= 15 is 0 Å². The molecule has 4 heteroatoms. The molecule has 20 heavy (non-hydrogen) atoms. The van der Waals surface area contributed by atoms with Gasteiger partial charge in [-0.1, -0.05) is 30.5 Å². The van der Waals surface area contributed by atoms with E-state index in [1.54, 1.807) is 0 Å². The summed E-state index contributed by atoms with van der Waals surface area (Å²) < 4.78 is 0. The SMILES string of the molecule is Cc1ccc(NC(=O)CCCCCCC(=O)O)c(C)c1. The van der Waals surface area contributed by atoms with E-state index in [0.29, 0.717) is 12.8 Å². The first-order valence-corrected chi connectivity index (χ1v) is 7.08. The number of amides is 1. The summed E-state index contributed by atoms with van der Waals surface area (Å²) in [6, 6.07) is 5.95. The molecule has 1 aromatic carbocycles. The lowest BCUT2D eigenvalue weighted by Gasteiger charge is -2.09. The monoisotopic (exact) mass is 277 g/mol. The summed E-state index contributed by atoms with van der Waals surface area (Å²) in [5.41, 5.74) is 3.12. The Hall–Kier alpha value is -1.84. The number of aliphatic carboxylic acids is 1. The molecule has 0 fully saturated rings. The Labute approximate surface area is 120 Å². The van der Waals surface area contributed by atoms with Gasteiger partial charge in [-0.15, -0.1) is 0 Å². The van der Waals surface area contributed by atoms with E-state index in [4.69, 9.17) is 5.11 Å². The van der Waals surface area contributed by atoms with Crippen molar-refractivity contribution in [1.82, 2.24) is 0 Å². The van der Waals surface area contributed by atoms with E-state index in [2.05, 4.69) is 5.32 Å². The van der Waals surface area contributed by atoms with Gasteiger partial charge in [0.15, 0.2) is 0 Å². The smallest absolute Gasteiger partial charge is 0.303 e. The molecule has 0 heterocycles. The van der Waals surface area contributed by atoms with Crippen LogP contribution in [0.25, 0.3) is 0 Å². The van der Waals surface area contributed by atoms with Gasteiger partial charge in [0.2, 0.25) is 5.91 Å². The van der Waals surface area contributed by atoms with Gasteiger partial charge in [-0.05, 0) is 38.3 Å². The largest absolute Gasteiger partial charge is 0.481 e. The summed E-state index contributed by atoms with van der Waals surface area (Å²) in [5.74, 6) is -0.729. The minimum atomic E-state index is -0.752. The predicted octanol–water partition coefficient (Wildman–Crippen LogP) is 3.67. The Balaban J connectivity index is 2.22. The van der Waals surface area contributed by atoms with Crippen LogP contribution < -0.4 is 5.32 Å². The first-order valence-electron chi connectivity index (χ1n) is 7.08. The van der Waals surface area contributed by atoms with E-state index in [1.165, 1.54) is 5.56 Å². The van der Waals surface area contributed by atoms with Gasteiger partial charge in [0.05, 0.1) is 0 Å². The maximum Gasteiger partial charge on any atom is 0.303 e. The van der Waals surface area contributed by atoms with Crippen molar-refractivity contribution in [2.24, 2.45) is 0 Å². The third-order valence-corrected chi connectivity index (χ3v) is 3.20. The number of hydrogen-bond donors (Lipinski definition) is 2. The normalized spacial score (nSPS) is 10.3. The van der Waals surface area contributed by atoms with Gasteiger partial charge >= 0.3 is 5.97 Å². The molecule has 0 aliphatic heterocycles. The topological polar surface area (TPSA) is 66.4 Å². The number of carboxylic acids is 1. The molecule has 0 bridgehead atoms. The van der Waals surface area contributed by atoms with Crippen molar-refractivity contribution in [3.05, 3.63) is 29.3 Å². The van der Waals surface area contributed by atoms with Crippen LogP contribution in [0, 0.1) is 13.8 Å². The van der Waals surface area contributed by atoms with E-state index in [0.717, 1.165) is 30.5 Å². The number of nitrogens with one attached hydrogen (secondary N) is 1. The number of carboxylic acid groups (broad SMARTS) is 1. The highest BCUT2D eigenvalue weighted by Gasteiger charge is 2.05. The summed E-state index contributed by atoms with van der Waals surface area (Å²) in [6.45, 7) is 4.00. The number of aryl methyl sites for hydroxylation is 2. The highest BCUT2D eigenvalue weighted by atomic mass is 16.4. The molecular formula is C16H23NO3. The number of carbonyl (C=O) groups excluding carboxylic acids is 1. The second kappa shape index (κ2) is 8.35. The Bertz CT molecular complexity index is 469. The molecular weight excluding hydrogens is 254 g/mol. The van der Waals surface area contributed by atoms with Crippen molar-refractivity contribution < 1.29 is 14.7 Å². The number of unbranched alkanes of at least 4 members (excludes halogenated alkanes) is 3. The van der Waals surface area contributed by atoms with Crippen molar-refractivity contribution in [1.29, 1.82) is 0 Å². The molecule has 110 valence electrons. The van der Waals surface area contributed by atoms with Gasteiger partial charge in [-0.3, -0.25) is 9.59 Å². The Morgan fingerprint density at radius 1 is 1.05 bits per heavy atom. The molecule has 0 saturated heterocycles. The molecule has 1 amide bonds. The molecule has 1 rings (SSSR count). The number of rotatable bonds is 8. The van der Waals surface area contributed by atoms with Gasteiger partial charge in [0.1, 0.15) is 0 Å². The van der Waals surface area contributed by atoms with Crippen molar-refractivity contribution in [2.75, 3.05) is 5.32 Å². The minimum absolute atomic E-state index is 0.0233. The first kappa shape index (κ1) is 16.2. The average molecular weight is 277 g/mol. The molecule has 0 atom stereocenters. The Kier molecular flexibility index (Phi) is 6.77. The summed E-state index contributed by atoms with van der Waals surface area (Å²) in [7, 11) is 0. The molecule has 0 aliphatic rings. The van der Waals surface area contributed by atoms with Crippen molar-refractivity contribution in [3.8, 4) is 0 Å². The Morgan fingerprint density at radius 2 is 1.70 bits per heavy atom. The fourth-order valence-electron chi connectivity index (χ4n) is 2.08. The zero-order valence-electron chi connectivity index (χ0n) is 12.2. The summed E-state index contributed by atoms with van der Waals surface area (Å²) in [5, 5.41) is 11.4. The molecule has 0 unspecified atom stereocenters. The minimum Gasteiger partial charge on any atom is -0.481 e. The van der Waals surface area contributed by atoms with E-state index in [9.17, 15) is 9.59 Å². The highest BCUT2D eigenvalue weighted by molar-refractivity contribution is 5.91. The second-order valence-corrected chi connectivity index (χ2v) is 5.17. The van der Waals surface area contributed by atoms with Crippen LogP contribution in [-0.2, 0) is 9.59 Å². The predicted molar refractivity (Wildman–Crippen MR) is 79.9 cm³/mol. The second-order valence-electron chi connectivity index (χ2n) is 5.17. The lowest BCUT2D eigenvalue weighted by molar-refractivity contribution is -0.137. The molecule has 0 radical (unpaired) electrons. The molecule has 4 nitrogen and oxygen atoms in total. The fraction of sp³-hybridized carbons (Fsp3) is 0.500. The summed E-state index contributed by atoms with van der Waals surface area (Å²) in [4.78, 5) is 22.1. The van der Waals surface area contributed by atoms with Gasteiger partial charge in [0, 0.05) is 18.5 Å². The third-order valence-electron chi connectivity index (χ3n) is 3.20. The number of benzene rings is 1. The fourth-order valence-corrected chi connectivity index (χ4v) is 2.08. The van der Waals surface area contributed by atoms with Gasteiger partial charge < -0.3 is 10.4 Å². The number of anilines is 1. The number of carbonyl (C=O) groups is 2. The molecule has 0 aromatic heterocycles. The lowest BCUT2D eigenvalue weighted by atomic mass is 10.1. The first-order chi connectivity index (χ1) is 9.49. The van der Waals surface area contributed by atoms with Crippen LogP contribution in [0.15, 0.2) is 18.2 Å². The zero-order chi connectivity index (χ0) is 15.0. The molecule has 2 N–H and O–H groups in total. The van der Waals surface area contributed by atoms with Crippen LogP contribution in [-0.4, -0.2) is 17.0 Å². The quantitative estimate of drug-likeness (QED) is 0.712. The van der Waals surface area contributed by atoms with E-state index < -0.39 is 5.97 Å². The average Bonchev–Trinajstić information content (AvgIpc) is 2.36. The lowest BCUT2D eigenvalue weighted by Crippen LogP contribution is -2.12. The molecule has 1 aromatic rings. The zero-order valence-corrected chi connectivity index (χ0v) is 12.2. The van der Waals surface area contributed by atoms with Crippen LogP contribution in [0.1, 0.15) is 49.7 Å². The molecule has 0 saturated carbocycles. The molecule has 0 aliphatic carbocycles. The molecule has 0 spiro atoms. The van der Waals surface area contributed by atoms with Crippen LogP contribution in [0.3, 0.4) is 0 Å². The van der Waals surface area contributed by atoms with Gasteiger partial charge in [0.25, 0.3) is 0 Å². The van der Waals surface area contributed by atoms with Gasteiger partial charge in [-0.25, -0.2) is 0 Å². The van der Waals surface area contributed by atoms with Crippen LogP contribution in [0.5, 0.6) is 0 Å². The Morgan fingerprint density at radius 3 is 2.30 bits per heavy atom. The summed E-state index contributed by atoms with van der Waals surface area (Å²) >= 11 is 0. The standard InChI is InChI=1S/C16H23NO3/c1-12-9-10-14(13(2)11-12)17-15(18)7-5-3-4-6-8-16(19)20/h9-11H,3-8H2,1-2H3,(H,17,18)(H,19,20). The maximum absolute atomic E-state index is 11.8.